The fraction of sp³-hybridized carbons (Fsp3) is 0.294. The molecule has 1 atom stereocenters. The Labute approximate surface area is 136 Å². The van der Waals surface area contributed by atoms with Gasteiger partial charge in [0.25, 0.3) is 0 Å². The second kappa shape index (κ2) is 7.37. The lowest BCUT2D eigenvalue weighted by Gasteiger charge is -2.17. The zero-order valence-electron chi connectivity index (χ0n) is 13.2. The van der Waals surface area contributed by atoms with Crippen LogP contribution in [0.4, 0.5) is 0 Å². The number of aromatic nitrogens is 1. The van der Waals surface area contributed by atoms with E-state index in [0.717, 1.165) is 23.8 Å². The third-order valence-electron chi connectivity index (χ3n) is 3.57. The lowest BCUT2D eigenvalue weighted by Crippen LogP contribution is -2.29. The third kappa shape index (κ3) is 4.89. The molecule has 1 aromatic heterocycles. The summed E-state index contributed by atoms with van der Waals surface area (Å²) in [5.74, 6) is -0.0965. The van der Waals surface area contributed by atoms with Crippen LogP contribution in [0.25, 0.3) is 0 Å². The van der Waals surface area contributed by atoms with Crippen LogP contribution in [0.3, 0.4) is 0 Å². The van der Waals surface area contributed by atoms with Crippen molar-refractivity contribution in [1.82, 2.24) is 10.3 Å². The summed E-state index contributed by atoms with van der Waals surface area (Å²) in [5.41, 5.74) is 1.79. The first-order valence-electron chi connectivity index (χ1n) is 7.38. The van der Waals surface area contributed by atoms with Crippen molar-refractivity contribution in [2.45, 2.75) is 30.7 Å². The van der Waals surface area contributed by atoms with Gasteiger partial charge in [0.05, 0.1) is 17.4 Å². The van der Waals surface area contributed by atoms with Crippen LogP contribution in [0.2, 0.25) is 0 Å². The summed E-state index contributed by atoms with van der Waals surface area (Å²) in [5, 5.41) is 2.99. The van der Waals surface area contributed by atoms with E-state index >= 15 is 0 Å². The molecule has 0 aliphatic heterocycles. The van der Waals surface area contributed by atoms with Crippen molar-refractivity contribution in [3.05, 3.63) is 59.9 Å². The molecule has 0 unspecified atom stereocenters. The predicted molar refractivity (Wildman–Crippen MR) is 88.7 cm³/mol. The summed E-state index contributed by atoms with van der Waals surface area (Å²) >= 11 is 0. The first kappa shape index (κ1) is 17.1. The molecule has 2 aromatic rings. The van der Waals surface area contributed by atoms with Crippen molar-refractivity contribution >= 4 is 15.7 Å². The van der Waals surface area contributed by atoms with Gasteiger partial charge in [0.1, 0.15) is 0 Å². The molecule has 23 heavy (non-hydrogen) atoms. The van der Waals surface area contributed by atoms with Gasteiger partial charge in [-0.2, -0.15) is 0 Å². The number of carbonyl (C=O) groups excluding carboxylic acids is 1. The number of hydrogen-bond acceptors (Lipinski definition) is 4. The predicted octanol–water partition coefficient (Wildman–Crippen LogP) is 2.30. The van der Waals surface area contributed by atoms with Crippen LogP contribution in [0.5, 0.6) is 0 Å². The van der Waals surface area contributed by atoms with Gasteiger partial charge in [0.15, 0.2) is 9.84 Å². The molecule has 1 amide bonds. The molecular formula is C17H20N2O3S. The van der Waals surface area contributed by atoms with Crippen molar-refractivity contribution in [2.75, 3.05) is 6.26 Å². The number of hydrogen-bond donors (Lipinski definition) is 1. The van der Waals surface area contributed by atoms with Crippen LogP contribution in [-0.4, -0.2) is 25.6 Å². The number of pyridine rings is 1. The van der Waals surface area contributed by atoms with E-state index in [1.807, 2.05) is 19.1 Å². The number of rotatable bonds is 6. The number of sulfone groups is 1. The van der Waals surface area contributed by atoms with Crippen molar-refractivity contribution in [3.8, 4) is 0 Å². The van der Waals surface area contributed by atoms with Crippen LogP contribution in [0, 0.1) is 0 Å². The second-order valence-corrected chi connectivity index (χ2v) is 7.42. The first-order valence-corrected chi connectivity index (χ1v) is 9.27. The monoisotopic (exact) mass is 332 g/mol. The zero-order valence-corrected chi connectivity index (χ0v) is 14.0. The van der Waals surface area contributed by atoms with Gasteiger partial charge in [-0.25, -0.2) is 8.42 Å². The number of carbonyl (C=O) groups is 1. The SMILES string of the molecule is CC[C@H](NC(=O)Cc1ccc(S(C)(=O)=O)cc1)c1ccncc1. The molecule has 0 fully saturated rings. The lowest BCUT2D eigenvalue weighted by molar-refractivity contribution is -0.121. The summed E-state index contributed by atoms with van der Waals surface area (Å²) in [6.45, 7) is 2.01. The van der Waals surface area contributed by atoms with Crippen molar-refractivity contribution in [2.24, 2.45) is 0 Å². The van der Waals surface area contributed by atoms with Gasteiger partial charge in [-0.3, -0.25) is 9.78 Å². The topological polar surface area (TPSA) is 76.1 Å². The summed E-state index contributed by atoms with van der Waals surface area (Å²) in [6.07, 6.45) is 5.56. The summed E-state index contributed by atoms with van der Waals surface area (Å²) in [6, 6.07) is 10.1. The maximum absolute atomic E-state index is 12.2. The molecule has 0 saturated carbocycles. The van der Waals surface area contributed by atoms with E-state index in [9.17, 15) is 13.2 Å². The van der Waals surface area contributed by atoms with Crippen LogP contribution in [-0.2, 0) is 21.1 Å². The molecule has 6 heteroatoms. The molecular weight excluding hydrogens is 312 g/mol. The largest absolute Gasteiger partial charge is 0.349 e. The molecule has 0 aliphatic carbocycles. The van der Waals surface area contributed by atoms with E-state index < -0.39 is 9.84 Å². The average Bonchev–Trinajstić information content (AvgIpc) is 2.53. The molecule has 0 spiro atoms. The van der Waals surface area contributed by atoms with E-state index in [1.165, 1.54) is 12.1 Å². The fourth-order valence-corrected chi connectivity index (χ4v) is 2.93. The van der Waals surface area contributed by atoms with E-state index in [0.29, 0.717) is 0 Å². The van der Waals surface area contributed by atoms with Gasteiger partial charge in [-0.1, -0.05) is 19.1 Å². The zero-order chi connectivity index (χ0) is 16.9. The maximum atomic E-state index is 12.2. The number of benzene rings is 1. The molecule has 0 saturated heterocycles. The molecule has 5 nitrogen and oxygen atoms in total. The third-order valence-corrected chi connectivity index (χ3v) is 4.70. The minimum absolute atomic E-state index is 0.0548. The van der Waals surface area contributed by atoms with E-state index in [2.05, 4.69) is 10.3 Å². The maximum Gasteiger partial charge on any atom is 0.224 e. The highest BCUT2D eigenvalue weighted by Gasteiger charge is 2.13. The molecule has 0 radical (unpaired) electrons. The van der Waals surface area contributed by atoms with Crippen molar-refractivity contribution < 1.29 is 13.2 Å². The second-order valence-electron chi connectivity index (χ2n) is 5.40. The van der Waals surface area contributed by atoms with Gasteiger partial charge in [0.2, 0.25) is 5.91 Å². The van der Waals surface area contributed by atoms with Crippen LogP contribution in [0.15, 0.2) is 53.7 Å². The number of nitrogens with one attached hydrogen (secondary N) is 1. The van der Waals surface area contributed by atoms with Crippen molar-refractivity contribution in [3.63, 3.8) is 0 Å². The molecule has 0 aliphatic rings. The number of amides is 1. The van der Waals surface area contributed by atoms with Gasteiger partial charge >= 0.3 is 0 Å². The van der Waals surface area contributed by atoms with E-state index in [1.54, 1.807) is 24.5 Å². The average molecular weight is 332 g/mol. The highest BCUT2D eigenvalue weighted by molar-refractivity contribution is 7.90. The molecule has 2 rings (SSSR count). The van der Waals surface area contributed by atoms with Crippen LogP contribution >= 0.6 is 0 Å². The Hall–Kier alpha value is -2.21. The lowest BCUT2D eigenvalue weighted by atomic mass is 10.1. The van der Waals surface area contributed by atoms with Gasteiger partial charge in [0, 0.05) is 18.6 Å². The van der Waals surface area contributed by atoms with Gasteiger partial charge in [-0.05, 0) is 41.8 Å². The quantitative estimate of drug-likeness (QED) is 0.880. The minimum atomic E-state index is -3.21. The van der Waals surface area contributed by atoms with Crippen molar-refractivity contribution in [1.29, 1.82) is 0 Å². The van der Waals surface area contributed by atoms with Gasteiger partial charge < -0.3 is 5.32 Å². The summed E-state index contributed by atoms with van der Waals surface area (Å²) < 4.78 is 22.8. The molecule has 1 aromatic carbocycles. The van der Waals surface area contributed by atoms with Crippen LogP contribution < -0.4 is 5.32 Å². The van der Waals surface area contributed by atoms with Gasteiger partial charge in [-0.15, -0.1) is 0 Å². The van der Waals surface area contributed by atoms with E-state index in [4.69, 9.17) is 0 Å². The van der Waals surface area contributed by atoms with E-state index in [-0.39, 0.29) is 23.3 Å². The first-order chi connectivity index (χ1) is 10.9. The smallest absolute Gasteiger partial charge is 0.224 e. The Morgan fingerprint density at radius 3 is 2.26 bits per heavy atom. The van der Waals surface area contributed by atoms with Crippen LogP contribution in [0.1, 0.15) is 30.5 Å². The number of nitrogens with zero attached hydrogens (tertiary/aromatic N) is 1. The highest BCUT2D eigenvalue weighted by Crippen LogP contribution is 2.16. The standard InChI is InChI=1S/C17H20N2O3S/c1-3-16(14-8-10-18-11-9-14)19-17(20)12-13-4-6-15(7-5-13)23(2,21)22/h4-11,16H,3,12H2,1-2H3,(H,19,20)/t16-/m0/s1. The normalized spacial score (nSPS) is 12.6. The minimum Gasteiger partial charge on any atom is -0.349 e. The molecule has 122 valence electrons. The Balaban J connectivity index is 2.01. The highest BCUT2D eigenvalue weighted by atomic mass is 32.2. The molecule has 1 N–H and O–H groups in total. The summed E-state index contributed by atoms with van der Waals surface area (Å²) in [4.78, 5) is 16.4. The fourth-order valence-electron chi connectivity index (χ4n) is 2.30. The Bertz CT molecular complexity index is 756. The molecule has 0 bridgehead atoms. The summed E-state index contributed by atoms with van der Waals surface area (Å²) in [7, 11) is -3.21. The Morgan fingerprint density at radius 1 is 1.13 bits per heavy atom. The Kier molecular flexibility index (Phi) is 5.50. The Morgan fingerprint density at radius 2 is 1.74 bits per heavy atom. The molecule has 1 heterocycles.